The fourth-order valence-corrected chi connectivity index (χ4v) is 1.51. The van der Waals surface area contributed by atoms with Crippen molar-refractivity contribution in [1.29, 1.82) is 0 Å². The molecule has 2 N–H and O–H groups in total. The lowest BCUT2D eigenvalue weighted by Crippen LogP contribution is -2.38. The van der Waals surface area contributed by atoms with Crippen molar-refractivity contribution in [1.82, 2.24) is 5.32 Å². The number of rotatable bonds is 3. The Bertz CT molecular complexity index is 399. The summed E-state index contributed by atoms with van der Waals surface area (Å²) in [6.07, 6.45) is 0. The summed E-state index contributed by atoms with van der Waals surface area (Å²) in [5.41, 5.74) is 0.517. The van der Waals surface area contributed by atoms with Crippen LogP contribution in [-0.4, -0.2) is 23.2 Å². The van der Waals surface area contributed by atoms with Crippen LogP contribution < -0.4 is 5.32 Å². The van der Waals surface area contributed by atoms with Crippen molar-refractivity contribution in [2.75, 3.05) is 6.54 Å². The van der Waals surface area contributed by atoms with Crippen molar-refractivity contribution in [2.24, 2.45) is 0 Å². The molecule has 1 heterocycles. The Morgan fingerprint density at radius 1 is 1.31 bits per heavy atom. The van der Waals surface area contributed by atoms with Crippen LogP contribution in [0.5, 0.6) is 0 Å². The van der Waals surface area contributed by atoms with Gasteiger partial charge in [0.05, 0.1) is 11.2 Å². The monoisotopic (exact) mass is 225 g/mol. The van der Waals surface area contributed by atoms with Crippen LogP contribution in [0, 0.1) is 20.8 Å². The standard InChI is InChI=1S/C12H19NO3/c1-7-8(2)16-9(3)10(7)11(14)13-6-12(4,5)15/h15H,6H2,1-5H3,(H,13,14). The minimum Gasteiger partial charge on any atom is -0.466 e. The molecule has 4 nitrogen and oxygen atoms in total. The Balaban J connectivity index is 2.81. The van der Waals surface area contributed by atoms with Crippen molar-refractivity contribution >= 4 is 5.91 Å². The molecule has 1 aromatic heterocycles. The maximum absolute atomic E-state index is 11.9. The normalized spacial score (nSPS) is 11.6. The predicted octanol–water partition coefficient (Wildman–Crippen LogP) is 1.71. The van der Waals surface area contributed by atoms with E-state index in [2.05, 4.69) is 5.32 Å². The van der Waals surface area contributed by atoms with Gasteiger partial charge in [0, 0.05) is 12.1 Å². The van der Waals surface area contributed by atoms with E-state index in [0.29, 0.717) is 11.3 Å². The van der Waals surface area contributed by atoms with Crippen LogP contribution in [0.1, 0.15) is 41.3 Å². The second-order valence-corrected chi connectivity index (χ2v) is 4.71. The maximum atomic E-state index is 11.9. The number of amides is 1. The van der Waals surface area contributed by atoms with E-state index in [1.54, 1.807) is 20.8 Å². The lowest BCUT2D eigenvalue weighted by Gasteiger charge is -2.17. The lowest BCUT2D eigenvalue weighted by molar-refractivity contribution is 0.0693. The minimum absolute atomic E-state index is 0.200. The third-order valence-electron chi connectivity index (χ3n) is 2.47. The van der Waals surface area contributed by atoms with E-state index < -0.39 is 5.60 Å². The zero-order valence-electron chi connectivity index (χ0n) is 10.5. The number of aliphatic hydroxyl groups is 1. The smallest absolute Gasteiger partial charge is 0.255 e. The number of furan rings is 1. The average molecular weight is 225 g/mol. The summed E-state index contributed by atoms with van der Waals surface area (Å²) in [5, 5.41) is 12.2. The topological polar surface area (TPSA) is 62.5 Å². The number of aryl methyl sites for hydroxylation is 2. The van der Waals surface area contributed by atoms with Gasteiger partial charge in [-0.25, -0.2) is 0 Å². The third-order valence-corrected chi connectivity index (χ3v) is 2.47. The average Bonchev–Trinajstić information content (AvgIpc) is 2.36. The zero-order valence-corrected chi connectivity index (χ0v) is 10.5. The quantitative estimate of drug-likeness (QED) is 0.823. The minimum atomic E-state index is -0.906. The molecule has 0 aliphatic heterocycles. The summed E-state index contributed by atoms with van der Waals surface area (Å²) < 4.78 is 5.38. The molecule has 4 heteroatoms. The van der Waals surface area contributed by atoms with E-state index >= 15 is 0 Å². The first-order valence-electron chi connectivity index (χ1n) is 5.29. The van der Waals surface area contributed by atoms with E-state index in [9.17, 15) is 9.90 Å². The molecule has 0 unspecified atom stereocenters. The Morgan fingerprint density at radius 3 is 2.25 bits per heavy atom. The summed E-state index contributed by atoms with van der Waals surface area (Å²) in [6, 6.07) is 0. The van der Waals surface area contributed by atoms with E-state index in [0.717, 1.165) is 11.3 Å². The molecule has 1 aromatic rings. The Hall–Kier alpha value is -1.29. The lowest BCUT2D eigenvalue weighted by atomic mass is 10.1. The van der Waals surface area contributed by atoms with Gasteiger partial charge in [0.25, 0.3) is 5.91 Å². The second kappa shape index (κ2) is 4.29. The van der Waals surface area contributed by atoms with Crippen molar-refractivity contribution in [3.8, 4) is 0 Å². The molecule has 16 heavy (non-hydrogen) atoms. The van der Waals surface area contributed by atoms with E-state index in [1.807, 2.05) is 13.8 Å². The molecule has 1 rings (SSSR count). The highest BCUT2D eigenvalue weighted by atomic mass is 16.3. The van der Waals surface area contributed by atoms with E-state index in [1.165, 1.54) is 0 Å². The molecule has 90 valence electrons. The molecular weight excluding hydrogens is 206 g/mol. The summed E-state index contributed by atoms with van der Waals surface area (Å²) in [6.45, 7) is 8.95. The zero-order chi connectivity index (χ0) is 12.5. The number of nitrogens with one attached hydrogen (secondary N) is 1. The van der Waals surface area contributed by atoms with Crippen LogP contribution in [-0.2, 0) is 0 Å². The van der Waals surface area contributed by atoms with Crippen molar-refractivity contribution in [2.45, 2.75) is 40.2 Å². The molecule has 0 aromatic carbocycles. The van der Waals surface area contributed by atoms with Crippen LogP contribution in [0.2, 0.25) is 0 Å². The van der Waals surface area contributed by atoms with Crippen LogP contribution in [0.3, 0.4) is 0 Å². The van der Waals surface area contributed by atoms with Crippen LogP contribution in [0.25, 0.3) is 0 Å². The number of hydrogen-bond acceptors (Lipinski definition) is 3. The highest BCUT2D eigenvalue weighted by Crippen LogP contribution is 2.20. The Kier molecular flexibility index (Phi) is 3.43. The number of carbonyl (C=O) groups excluding carboxylic acids is 1. The van der Waals surface area contributed by atoms with Crippen LogP contribution in [0.4, 0.5) is 0 Å². The van der Waals surface area contributed by atoms with Gasteiger partial charge in [0.2, 0.25) is 0 Å². The highest BCUT2D eigenvalue weighted by molar-refractivity contribution is 5.96. The summed E-state index contributed by atoms with van der Waals surface area (Å²) in [7, 11) is 0. The van der Waals surface area contributed by atoms with Crippen molar-refractivity contribution < 1.29 is 14.3 Å². The SMILES string of the molecule is Cc1oc(C)c(C(=O)NCC(C)(C)O)c1C. The van der Waals surface area contributed by atoms with Gasteiger partial charge in [0.15, 0.2) is 0 Å². The van der Waals surface area contributed by atoms with Gasteiger partial charge >= 0.3 is 0 Å². The first-order valence-corrected chi connectivity index (χ1v) is 5.29. The van der Waals surface area contributed by atoms with Gasteiger partial charge in [-0.2, -0.15) is 0 Å². The van der Waals surface area contributed by atoms with Gasteiger partial charge < -0.3 is 14.8 Å². The van der Waals surface area contributed by atoms with Crippen LogP contribution in [0.15, 0.2) is 4.42 Å². The molecule has 0 aliphatic rings. The third kappa shape index (κ3) is 2.85. The molecule has 0 fully saturated rings. The molecule has 0 spiro atoms. The predicted molar refractivity (Wildman–Crippen MR) is 61.6 cm³/mol. The van der Waals surface area contributed by atoms with Gasteiger partial charge in [-0.05, 0) is 34.6 Å². The van der Waals surface area contributed by atoms with Gasteiger partial charge in [-0.3, -0.25) is 4.79 Å². The first-order chi connectivity index (χ1) is 7.22. The van der Waals surface area contributed by atoms with Gasteiger partial charge in [-0.15, -0.1) is 0 Å². The molecule has 0 saturated heterocycles. The summed E-state index contributed by atoms with van der Waals surface area (Å²) in [5.74, 6) is 1.17. The maximum Gasteiger partial charge on any atom is 0.255 e. The van der Waals surface area contributed by atoms with Crippen molar-refractivity contribution in [3.05, 3.63) is 22.6 Å². The fraction of sp³-hybridized carbons (Fsp3) is 0.583. The largest absolute Gasteiger partial charge is 0.466 e. The van der Waals surface area contributed by atoms with E-state index in [4.69, 9.17) is 4.42 Å². The molecule has 0 bridgehead atoms. The second-order valence-electron chi connectivity index (χ2n) is 4.71. The molecule has 0 saturated carbocycles. The Labute approximate surface area is 95.7 Å². The summed E-state index contributed by atoms with van der Waals surface area (Å²) >= 11 is 0. The number of carbonyl (C=O) groups is 1. The molecular formula is C12H19NO3. The van der Waals surface area contributed by atoms with Crippen LogP contribution >= 0.6 is 0 Å². The highest BCUT2D eigenvalue weighted by Gasteiger charge is 2.20. The summed E-state index contributed by atoms with van der Waals surface area (Å²) in [4.78, 5) is 11.9. The van der Waals surface area contributed by atoms with E-state index in [-0.39, 0.29) is 12.5 Å². The first kappa shape index (κ1) is 12.8. The number of hydrogen-bond donors (Lipinski definition) is 2. The van der Waals surface area contributed by atoms with Gasteiger partial charge in [0.1, 0.15) is 11.5 Å². The molecule has 1 amide bonds. The molecule has 0 atom stereocenters. The van der Waals surface area contributed by atoms with Crippen molar-refractivity contribution in [3.63, 3.8) is 0 Å². The molecule has 0 radical (unpaired) electrons. The molecule has 0 aliphatic carbocycles. The van der Waals surface area contributed by atoms with Gasteiger partial charge in [-0.1, -0.05) is 0 Å². The Morgan fingerprint density at radius 2 is 1.88 bits per heavy atom. The fourth-order valence-electron chi connectivity index (χ4n) is 1.51.